The first kappa shape index (κ1) is 22.2. The van der Waals surface area contributed by atoms with E-state index >= 15 is 0 Å². The number of nitrogens with one attached hydrogen (secondary N) is 2. The Kier molecular flexibility index (Phi) is 6.01. The Hall–Kier alpha value is -2.64. The molecule has 4 heterocycles. The summed E-state index contributed by atoms with van der Waals surface area (Å²) in [6, 6.07) is 12.9. The lowest BCUT2D eigenvalue weighted by Crippen LogP contribution is -2.61. The van der Waals surface area contributed by atoms with Crippen LogP contribution in [0, 0.1) is 0 Å². The summed E-state index contributed by atoms with van der Waals surface area (Å²) in [4.78, 5) is 22.4. The Morgan fingerprint density at radius 1 is 1.03 bits per heavy atom. The first-order chi connectivity index (χ1) is 15.9. The second-order valence-electron chi connectivity index (χ2n) is 10.1. The molecule has 0 unspecified atom stereocenters. The molecule has 7 nitrogen and oxygen atoms in total. The molecule has 7 heteroatoms. The van der Waals surface area contributed by atoms with E-state index < -0.39 is 5.54 Å². The molecule has 1 amide bonds. The third kappa shape index (κ3) is 4.44. The van der Waals surface area contributed by atoms with Crippen LogP contribution in [0.1, 0.15) is 51.0 Å². The smallest absolute Gasteiger partial charge is 0.249 e. The number of carbonyl (C=O) groups is 1. The molecule has 0 bridgehead atoms. The predicted molar refractivity (Wildman–Crippen MR) is 132 cm³/mol. The number of amides is 1. The van der Waals surface area contributed by atoms with Gasteiger partial charge in [0, 0.05) is 24.9 Å². The molecule has 0 radical (unpaired) electrons. The number of aromatic nitrogens is 1. The molecule has 0 spiro atoms. The van der Waals surface area contributed by atoms with Crippen molar-refractivity contribution in [1.82, 2.24) is 9.88 Å². The van der Waals surface area contributed by atoms with E-state index in [-0.39, 0.29) is 11.9 Å². The van der Waals surface area contributed by atoms with Gasteiger partial charge in [0.05, 0.1) is 5.69 Å². The number of rotatable bonds is 4. The number of piperidine rings is 1. The third-order valence-corrected chi connectivity index (χ3v) is 7.44. The van der Waals surface area contributed by atoms with Gasteiger partial charge in [-0.3, -0.25) is 4.79 Å². The number of nitrogens with zero attached hydrogens (tertiary/aromatic N) is 3. The fraction of sp³-hybridized carbons (Fsp3) is 0.538. The van der Waals surface area contributed by atoms with E-state index in [9.17, 15) is 4.79 Å². The van der Waals surface area contributed by atoms with Gasteiger partial charge in [0.2, 0.25) is 5.91 Å². The SMILES string of the molecule is CN1CCC(c2ccc(Nc3ccc4c(n3)N(C3CCOCC3)C(C)(C)C(=O)N4)cc2)CC1. The molecule has 2 N–H and O–H groups in total. The molecule has 3 aliphatic rings. The molecule has 176 valence electrons. The lowest BCUT2D eigenvalue weighted by molar-refractivity contribution is -0.120. The van der Waals surface area contributed by atoms with Gasteiger partial charge in [-0.1, -0.05) is 12.1 Å². The molecule has 0 saturated carbocycles. The van der Waals surface area contributed by atoms with Crippen molar-refractivity contribution in [2.24, 2.45) is 0 Å². The predicted octanol–water partition coefficient (Wildman–Crippen LogP) is 4.35. The van der Waals surface area contributed by atoms with Crippen LogP contribution in [0.2, 0.25) is 0 Å². The van der Waals surface area contributed by atoms with Gasteiger partial charge in [0.25, 0.3) is 0 Å². The molecular weight excluding hydrogens is 414 g/mol. The molecule has 33 heavy (non-hydrogen) atoms. The van der Waals surface area contributed by atoms with E-state index in [1.165, 1.54) is 31.5 Å². The van der Waals surface area contributed by atoms with Crippen LogP contribution in [-0.2, 0) is 9.53 Å². The Balaban J connectivity index is 1.37. The average Bonchev–Trinajstić information content (AvgIpc) is 2.82. The monoisotopic (exact) mass is 449 g/mol. The van der Waals surface area contributed by atoms with Gasteiger partial charge in [0.1, 0.15) is 11.4 Å². The topological polar surface area (TPSA) is 69.7 Å². The van der Waals surface area contributed by atoms with Crippen LogP contribution >= 0.6 is 0 Å². The van der Waals surface area contributed by atoms with Crippen molar-refractivity contribution in [2.75, 3.05) is 48.9 Å². The first-order valence-electron chi connectivity index (χ1n) is 12.2. The van der Waals surface area contributed by atoms with E-state index in [0.717, 1.165) is 49.1 Å². The molecule has 1 aromatic heterocycles. The van der Waals surface area contributed by atoms with Crippen LogP contribution < -0.4 is 15.5 Å². The summed E-state index contributed by atoms with van der Waals surface area (Å²) in [5, 5.41) is 6.52. The van der Waals surface area contributed by atoms with Crippen molar-refractivity contribution >= 4 is 28.9 Å². The van der Waals surface area contributed by atoms with E-state index in [0.29, 0.717) is 5.92 Å². The summed E-state index contributed by atoms with van der Waals surface area (Å²) >= 11 is 0. The lowest BCUT2D eigenvalue weighted by atomic mass is 9.89. The molecular formula is C26H35N5O2. The normalized spacial score (nSPS) is 22.0. The van der Waals surface area contributed by atoms with Crippen molar-refractivity contribution in [3.05, 3.63) is 42.0 Å². The highest BCUT2D eigenvalue weighted by Gasteiger charge is 2.44. The Bertz CT molecular complexity index is 992. The summed E-state index contributed by atoms with van der Waals surface area (Å²) in [5.74, 6) is 2.27. The summed E-state index contributed by atoms with van der Waals surface area (Å²) in [6.07, 6.45) is 4.24. The van der Waals surface area contributed by atoms with Gasteiger partial charge >= 0.3 is 0 Å². The van der Waals surface area contributed by atoms with Gasteiger partial charge < -0.3 is 25.2 Å². The summed E-state index contributed by atoms with van der Waals surface area (Å²) in [7, 11) is 2.20. The minimum absolute atomic E-state index is 0.00787. The van der Waals surface area contributed by atoms with Gasteiger partial charge in [0.15, 0.2) is 5.82 Å². The van der Waals surface area contributed by atoms with Gasteiger partial charge in [-0.2, -0.15) is 0 Å². The molecule has 3 aliphatic heterocycles. The Morgan fingerprint density at radius 3 is 2.42 bits per heavy atom. The summed E-state index contributed by atoms with van der Waals surface area (Å²) in [5.41, 5.74) is 2.54. The highest BCUT2D eigenvalue weighted by molar-refractivity contribution is 6.05. The number of carbonyl (C=O) groups excluding carboxylic acids is 1. The number of likely N-dealkylation sites (tertiary alicyclic amines) is 1. The van der Waals surface area contributed by atoms with Crippen molar-refractivity contribution in [3.63, 3.8) is 0 Å². The third-order valence-electron chi connectivity index (χ3n) is 7.44. The first-order valence-corrected chi connectivity index (χ1v) is 12.2. The minimum Gasteiger partial charge on any atom is -0.381 e. The summed E-state index contributed by atoms with van der Waals surface area (Å²) < 4.78 is 5.57. The summed E-state index contributed by atoms with van der Waals surface area (Å²) in [6.45, 7) is 7.72. The molecule has 2 fully saturated rings. The number of anilines is 4. The maximum absolute atomic E-state index is 12.9. The zero-order valence-electron chi connectivity index (χ0n) is 19.9. The van der Waals surface area contributed by atoms with Crippen LogP contribution in [0.3, 0.4) is 0 Å². The average molecular weight is 450 g/mol. The number of hydrogen-bond donors (Lipinski definition) is 2. The highest BCUT2D eigenvalue weighted by Crippen LogP contribution is 2.40. The highest BCUT2D eigenvalue weighted by atomic mass is 16.5. The van der Waals surface area contributed by atoms with Gasteiger partial charge in [-0.05, 0) is 95.4 Å². The van der Waals surface area contributed by atoms with Crippen LogP contribution in [0.15, 0.2) is 36.4 Å². The van der Waals surface area contributed by atoms with E-state index in [1.54, 1.807) is 0 Å². The largest absolute Gasteiger partial charge is 0.381 e. The fourth-order valence-corrected chi connectivity index (χ4v) is 5.35. The number of pyridine rings is 1. The molecule has 2 saturated heterocycles. The van der Waals surface area contributed by atoms with Gasteiger partial charge in [-0.15, -0.1) is 0 Å². The Labute approximate surface area is 196 Å². The molecule has 2 aromatic rings. The van der Waals surface area contributed by atoms with Crippen LogP contribution in [0.5, 0.6) is 0 Å². The number of hydrogen-bond acceptors (Lipinski definition) is 6. The zero-order valence-corrected chi connectivity index (χ0v) is 19.9. The fourth-order valence-electron chi connectivity index (χ4n) is 5.35. The van der Waals surface area contributed by atoms with E-state index in [4.69, 9.17) is 9.72 Å². The minimum atomic E-state index is -0.670. The Morgan fingerprint density at radius 2 is 1.73 bits per heavy atom. The van der Waals surface area contributed by atoms with Crippen molar-refractivity contribution in [1.29, 1.82) is 0 Å². The van der Waals surface area contributed by atoms with Crippen molar-refractivity contribution in [3.8, 4) is 0 Å². The molecule has 5 rings (SSSR count). The van der Waals surface area contributed by atoms with E-state index in [1.807, 2.05) is 26.0 Å². The second kappa shape index (κ2) is 8.95. The van der Waals surface area contributed by atoms with Crippen LogP contribution in [0.25, 0.3) is 0 Å². The van der Waals surface area contributed by atoms with Crippen molar-refractivity contribution in [2.45, 2.75) is 57.0 Å². The number of ether oxygens (including phenoxy) is 1. The maximum Gasteiger partial charge on any atom is 0.249 e. The zero-order chi connectivity index (χ0) is 23.0. The van der Waals surface area contributed by atoms with E-state index in [2.05, 4.69) is 51.7 Å². The molecule has 0 atom stereocenters. The van der Waals surface area contributed by atoms with Crippen LogP contribution in [0.4, 0.5) is 23.0 Å². The molecule has 1 aromatic carbocycles. The lowest BCUT2D eigenvalue weighted by Gasteiger charge is -2.48. The van der Waals surface area contributed by atoms with Crippen LogP contribution in [-0.4, -0.2) is 60.7 Å². The number of benzene rings is 1. The number of fused-ring (bicyclic) bond motifs is 1. The van der Waals surface area contributed by atoms with Crippen molar-refractivity contribution < 1.29 is 9.53 Å². The standard InChI is InChI=1S/C26H35N5O2/c1-26(2)25(32)28-22-8-9-23(29-24(22)31(26)21-12-16-33-17-13-21)27-20-6-4-18(5-7-20)19-10-14-30(3)15-11-19/h4-9,19,21H,10-17H2,1-3H3,(H,27,29)(H,28,32). The quantitative estimate of drug-likeness (QED) is 0.723. The molecule has 0 aliphatic carbocycles. The maximum atomic E-state index is 12.9. The second-order valence-corrected chi connectivity index (χ2v) is 10.1. The van der Waals surface area contributed by atoms with Gasteiger partial charge in [-0.25, -0.2) is 4.98 Å².